The van der Waals surface area contributed by atoms with Crippen molar-refractivity contribution in [3.8, 4) is 0 Å². The Hall–Kier alpha value is -3.71. The van der Waals surface area contributed by atoms with E-state index >= 15 is 0 Å². The summed E-state index contributed by atoms with van der Waals surface area (Å²) in [5.74, 6) is -0.903. The number of benzene rings is 3. The average molecular weight is 396 g/mol. The third kappa shape index (κ3) is 4.52. The minimum absolute atomic E-state index is 0.113. The summed E-state index contributed by atoms with van der Waals surface area (Å²) in [6.45, 7) is 0. The lowest BCUT2D eigenvalue weighted by molar-refractivity contribution is -0.384. The Morgan fingerprint density at radius 3 is 2.25 bits per heavy atom. The molecule has 0 atom stereocenters. The Kier molecular flexibility index (Phi) is 5.67. The summed E-state index contributed by atoms with van der Waals surface area (Å²) >= 11 is 5.92. The SMILES string of the molecule is O=C(Nc1ccccc1C(=O)Nc1cccc(Cl)c1)c1ccc([N+](=O)[O-])cc1. The molecule has 3 aromatic rings. The second-order valence-corrected chi connectivity index (χ2v) is 6.20. The summed E-state index contributed by atoms with van der Waals surface area (Å²) in [5, 5.41) is 16.6. The quantitative estimate of drug-likeness (QED) is 0.480. The Balaban J connectivity index is 1.78. The van der Waals surface area contributed by atoms with Gasteiger partial charge in [-0.05, 0) is 42.5 Å². The summed E-state index contributed by atoms with van der Waals surface area (Å²) in [7, 11) is 0. The van der Waals surface area contributed by atoms with Gasteiger partial charge >= 0.3 is 0 Å². The van der Waals surface area contributed by atoms with E-state index in [1.165, 1.54) is 24.3 Å². The number of nitro benzene ring substituents is 1. The van der Waals surface area contributed by atoms with Crippen LogP contribution in [0.15, 0.2) is 72.8 Å². The lowest BCUT2D eigenvalue weighted by Gasteiger charge is -2.12. The molecule has 8 heteroatoms. The summed E-state index contributed by atoms with van der Waals surface area (Å²) in [4.78, 5) is 35.2. The Morgan fingerprint density at radius 2 is 1.57 bits per heavy atom. The zero-order valence-corrected chi connectivity index (χ0v) is 15.1. The molecule has 2 N–H and O–H groups in total. The van der Waals surface area contributed by atoms with Gasteiger partial charge in [-0.25, -0.2) is 0 Å². The van der Waals surface area contributed by atoms with Crippen LogP contribution < -0.4 is 10.6 Å². The number of nitrogens with zero attached hydrogens (tertiary/aromatic N) is 1. The van der Waals surface area contributed by atoms with Crippen LogP contribution in [-0.2, 0) is 0 Å². The lowest BCUT2D eigenvalue weighted by atomic mass is 10.1. The van der Waals surface area contributed by atoms with Gasteiger partial charge in [-0.2, -0.15) is 0 Å². The van der Waals surface area contributed by atoms with Crippen LogP contribution in [0, 0.1) is 10.1 Å². The highest BCUT2D eigenvalue weighted by Gasteiger charge is 2.15. The fraction of sp³-hybridized carbons (Fsp3) is 0. The van der Waals surface area contributed by atoms with E-state index in [9.17, 15) is 19.7 Å². The molecule has 0 heterocycles. The Bertz CT molecular complexity index is 1050. The topological polar surface area (TPSA) is 101 Å². The van der Waals surface area contributed by atoms with E-state index in [2.05, 4.69) is 10.6 Å². The minimum atomic E-state index is -0.544. The fourth-order valence-electron chi connectivity index (χ4n) is 2.48. The van der Waals surface area contributed by atoms with Crippen molar-refractivity contribution in [2.75, 3.05) is 10.6 Å². The predicted molar refractivity (Wildman–Crippen MR) is 107 cm³/mol. The molecule has 0 unspecified atom stereocenters. The molecule has 2 amide bonds. The smallest absolute Gasteiger partial charge is 0.269 e. The number of nitrogens with one attached hydrogen (secondary N) is 2. The zero-order valence-electron chi connectivity index (χ0n) is 14.4. The number of non-ortho nitro benzene ring substituents is 1. The van der Waals surface area contributed by atoms with Crippen LogP contribution in [0.4, 0.5) is 17.1 Å². The third-order valence-corrected chi connectivity index (χ3v) is 4.08. The molecular weight excluding hydrogens is 382 g/mol. The van der Waals surface area contributed by atoms with Crippen molar-refractivity contribution < 1.29 is 14.5 Å². The van der Waals surface area contributed by atoms with Crippen LogP contribution >= 0.6 is 11.6 Å². The van der Waals surface area contributed by atoms with Crippen LogP contribution in [0.3, 0.4) is 0 Å². The Labute approximate surface area is 165 Å². The largest absolute Gasteiger partial charge is 0.322 e. The summed E-state index contributed by atoms with van der Waals surface area (Å²) in [6, 6.07) is 18.4. The van der Waals surface area contributed by atoms with Gasteiger partial charge in [-0.1, -0.05) is 29.8 Å². The molecule has 3 rings (SSSR count). The molecule has 28 heavy (non-hydrogen) atoms. The van der Waals surface area contributed by atoms with Gasteiger partial charge in [0.05, 0.1) is 16.2 Å². The van der Waals surface area contributed by atoms with Crippen molar-refractivity contribution in [2.45, 2.75) is 0 Å². The fourth-order valence-corrected chi connectivity index (χ4v) is 2.67. The van der Waals surface area contributed by atoms with Crippen LogP contribution in [0.1, 0.15) is 20.7 Å². The highest BCUT2D eigenvalue weighted by atomic mass is 35.5. The van der Waals surface area contributed by atoms with Crippen LogP contribution in [-0.4, -0.2) is 16.7 Å². The monoisotopic (exact) mass is 395 g/mol. The number of carbonyl (C=O) groups excluding carboxylic acids is 2. The zero-order chi connectivity index (χ0) is 20.1. The second-order valence-electron chi connectivity index (χ2n) is 5.77. The summed E-state index contributed by atoms with van der Waals surface area (Å²) < 4.78 is 0. The van der Waals surface area contributed by atoms with E-state index < -0.39 is 16.7 Å². The number of nitro groups is 1. The molecular formula is C20H14ClN3O4. The van der Waals surface area contributed by atoms with Gasteiger partial charge in [-0.3, -0.25) is 19.7 Å². The maximum absolute atomic E-state index is 12.6. The number of anilines is 2. The number of carbonyl (C=O) groups is 2. The predicted octanol–water partition coefficient (Wildman–Crippen LogP) is 4.75. The van der Waals surface area contributed by atoms with Crippen molar-refractivity contribution in [3.05, 3.63) is 99.1 Å². The summed E-state index contributed by atoms with van der Waals surface area (Å²) in [5.41, 5.74) is 1.21. The van der Waals surface area contributed by atoms with Crippen molar-refractivity contribution in [1.82, 2.24) is 0 Å². The molecule has 0 radical (unpaired) electrons. The van der Waals surface area contributed by atoms with E-state index in [4.69, 9.17) is 11.6 Å². The number of halogens is 1. The Morgan fingerprint density at radius 1 is 0.857 bits per heavy atom. The van der Waals surface area contributed by atoms with Crippen molar-refractivity contribution >= 4 is 40.5 Å². The van der Waals surface area contributed by atoms with Gasteiger partial charge in [-0.15, -0.1) is 0 Å². The highest BCUT2D eigenvalue weighted by molar-refractivity contribution is 6.31. The molecule has 0 aliphatic heterocycles. The molecule has 0 aromatic heterocycles. The molecule has 0 spiro atoms. The molecule has 0 saturated heterocycles. The lowest BCUT2D eigenvalue weighted by Crippen LogP contribution is -2.18. The molecule has 0 aliphatic rings. The van der Waals surface area contributed by atoms with E-state index in [0.29, 0.717) is 16.4 Å². The maximum Gasteiger partial charge on any atom is 0.269 e. The highest BCUT2D eigenvalue weighted by Crippen LogP contribution is 2.21. The molecule has 0 fully saturated rings. The normalized spacial score (nSPS) is 10.2. The average Bonchev–Trinajstić information content (AvgIpc) is 2.68. The van der Waals surface area contributed by atoms with Crippen molar-refractivity contribution in [1.29, 1.82) is 0 Å². The standard InChI is InChI=1S/C20H14ClN3O4/c21-14-4-3-5-15(12-14)22-20(26)17-6-1-2-7-18(17)23-19(25)13-8-10-16(11-9-13)24(27)28/h1-12H,(H,22,26)(H,23,25). The maximum atomic E-state index is 12.6. The van der Waals surface area contributed by atoms with Gasteiger partial charge in [0.2, 0.25) is 0 Å². The van der Waals surface area contributed by atoms with E-state index in [-0.39, 0.29) is 16.8 Å². The number of hydrogen-bond acceptors (Lipinski definition) is 4. The van der Waals surface area contributed by atoms with Gasteiger partial charge in [0.1, 0.15) is 0 Å². The first kappa shape index (κ1) is 19.1. The first-order valence-electron chi connectivity index (χ1n) is 8.16. The third-order valence-electron chi connectivity index (χ3n) is 3.84. The number of para-hydroxylation sites is 1. The van der Waals surface area contributed by atoms with Crippen molar-refractivity contribution in [2.24, 2.45) is 0 Å². The number of amides is 2. The molecule has 140 valence electrons. The number of hydrogen-bond donors (Lipinski definition) is 2. The second kappa shape index (κ2) is 8.32. The number of rotatable bonds is 5. The van der Waals surface area contributed by atoms with Gasteiger partial charge in [0.25, 0.3) is 17.5 Å². The first-order valence-corrected chi connectivity index (χ1v) is 8.53. The van der Waals surface area contributed by atoms with Gasteiger partial charge in [0, 0.05) is 28.4 Å². The van der Waals surface area contributed by atoms with E-state index in [1.54, 1.807) is 48.5 Å². The summed E-state index contributed by atoms with van der Waals surface area (Å²) in [6.07, 6.45) is 0. The van der Waals surface area contributed by atoms with E-state index in [1.807, 2.05) is 0 Å². The van der Waals surface area contributed by atoms with Crippen LogP contribution in [0.5, 0.6) is 0 Å². The van der Waals surface area contributed by atoms with Gasteiger partial charge < -0.3 is 10.6 Å². The van der Waals surface area contributed by atoms with E-state index in [0.717, 1.165) is 0 Å². The molecule has 7 nitrogen and oxygen atoms in total. The first-order chi connectivity index (χ1) is 13.4. The minimum Gasteiger partial charge on any atom is -0.322 e. The van der Waals surface area contributed by atoms with Gasteiger partial charge in [0.15, 0.2) is 0 Å². The van der Waals surface area contributed by atoms with Crippen molar-refractivity contribution in [3.63, 3.8) is 0 Å². The molecule has 0 aliphatic carbocycles. The molecule has 0 saturated carbocycles. The molecule has 3 aromatic carbocycles. The molecule has 0 bridgehead atoms. The van der Waals surface area contributed by atoms with Crippen LogP contribution in [0.2, 0.25) is 5.02 Å². The van der Waals surface area contributed by atoms with Crippen LogP contribution in [0.25, 0.3) is 0 Å².